The van der Waals surface area contributed by atoms with E-state index >= 15 is 0 Å². The Kier molecular flexibility index (Phi) is 7.71. The predicted octanol–water partition coefficient (Wildman–Crippen LogP) is 7.22. The molecule has 210 valence electrons. The Bertz CT molecular complexity index is 1340. The molecule has 1 atom stereocenters. The Morgan fingerprint density at radius 1 is 1.16 bits per heavy atom. The van der Waals surface area contributed by atoms with Crippen LogP contribution in [0, 0.1) is 12.8 Å². The number of urea groups is 1. The molecule has 1 unspecified atom stereocenters. The van der Waals surface area contributed by atoms with E-state index in [1.54, 1.807) is 26.8 Å². The van der Waals surface area contributed by atoms with Crippen molar-refractivity contribution in [2.24, 2.45) is 9.95 Å². The van der Waals surface area contributed by atoms with Gasteiger partial charge in [-0.3, -0.25) is 4.03 Å². The highest BCUT2D eigenvalue weighted by atomic mass is 32.2. The minimum Gasteiger partial charge on any atom is -0.449 e. The van der Waals surface area contributed by atoms with Crippen LogP contribution >= 0.6 is 0 Å². The minimum atomic E-state index is -3.49. The highest BCUT2D eigenvalue weighted by molar-refractivity contribution is 7.93. The highest BCUT2D eigenvalue weighted by Crippen LogP contribution is 2.40. The standard InChI is InChI=1S/C29H45N3O4SSi/c1-19-24(29(5,6)34)18-25(36-19)37(35,32-38(7,8)28(2,3)4)31-27(33)30-26-22(17-20-11-9-12-20)16-15-21-13-10-14-23(21)26/h15-16,18,20,34H,9-14,17H2,1-8H3,(H2,30,31,32,33,35). The number of aliphatic hydroxyl groups is 1. The lowest BCUT2D eigenvalue weighted by molar-refractivity contribution is 0.0769. The first-order valence-corrected chi connectivity index (χ1v) is 18.3. The molecule has 38 heavy (non-hydrogen) atoms. The summed E-state index contributed by atoms with van der Waals surface area (Å²) in [7, 11) is -5.98. The van der Waals surface area contributed by atoms with Crippen LogP contribution in [0.25, 0.3) is 0 Å². The molecule has 2 amide bonds. The molecule has 3 N–H and O–H groups in total. The third-order valence-electron chi connectivity index (χ3n) is 8.59. The number of amides is 2. The van der Waals surface area contributed by atoms with E-state index in [1.807, 2.05) is 13.1 Å². The lowest BCUT2D eigenvalue weighted by Crippen LogP contribution is -2.41. The molecule has 1 heterocycles. The van der Waals surface area contributed by atoms with Gasteiger partial charge in [0.05, 0.1) is 5.60 Å². The predicted molar refractivity (Wildman–Crippen MR) is 156 cm³/mol. The molecule has 2 aromatic rings. The zero-order chi connectivity index (χ0) is 28.1. The van der Waals surface area contributed by atoms with Crippen molar-refractivity contribution < 1.29 is 18.5 Å². The Morgan fingerprint density at radius 2 is 1.84 bits per heavy atom. The van der Waals surface area contributed by atoms with Gasteiger partial charge in [-0.15, -0.1) is 0 Å². The molecular weight excluding hydrogens is 514 g/mol. The maximum Gasteiger partial charge on any atom is 0.332 e. The van der Waals surface area contributed by atoms with Crippen LogP contribution in [0.1, 0.15) is 88.3 Å². The Balaban J connectivity index is 1.73. The summed E-state index contributed by atoms with van der Waals surface area (Å²) in [4.78, 5) is 13.6. The van der Waals surface area contributed by atoms with Crippen molar-refractivity contribution in [3.63, 3.8) is 0 Å². The Hall–Kier alpha value is -2.10. The smallest absolute Gasteiger partial charge is 0.332 e. The summed E-state index contributed by atoms with van der Waals surface area (Å²) >= 11 is 0. The molecule has 0 radical (unpaired) electrons. The number of rotatable bonds is 7. The van der Waals surface area contributed by atoms with E-state index in [9.17, 15) is 14.1 Å². The Morgan fingerprint density at radius 3 is 2.39 bits per heavy atom. The number of benzene rings is 1. The van der Waals surface area contributed by atoms with Gasteiger partial charge in [0, 0.05) is 17.3 Å². The molecule has 7 nitrogen and oxygen atoms in total. The van der Waals surface area contributed by atoms with Gasteiger partial charge in [0.1, 0.15) is 5.76 Å². The van der Waals surface area contributed by atoms with Gasteiger partial charge < -0.3 is 14.8 Å². The minimum absolute atomic E-state index is 0.0695. The van der Waals surface area contributed by atoms with E-state index in [-0.39, 0.29) is 10.1 Å². The van der Waals surface area contributed by atoms with E-state index in [2.05, 4.69) is 42.9 Å². The van der Waals surface area contributed by atoms with Crippen LogP contribution < -0.4 is 10.0 Å². The van der Waals surface area contributed by atoms with E-state index in [1.165, 1.54) is 30.4 Å². The number of hydrogen-bond acceptors (Lipinski definition) is 5. The SMILES string of the molecule is Cc1oc(S(=O)(=N[Si](C)(C)C(C)(C)C)NC(=O)Nc2c(CC3CCC3)ccc3c2CCC3)cc1C(C)(C)O. The molecule has 0 saturated heterocycles. The third kappa shape index (κ3) is 5.89. The molecule has 0 bridgehead atoms. The molecule has 2 aliphatic carbocycles. The normalized spacial score (nSPS) is 17.9. The maximum atomic E-state index is 14.6. The molecule has 1 fully saturated rings. The monoisotopic (exact) mass is 559 g/mol. The van der Waals surface area contributed by atoms with Crippen LogP contribution in [0.5, 0.6) is 0 Å². The molecule has 1 saturated carbocycles. The van der Waals surface area contributed by atoms with Crippen LogP contribution in [0.4, 0.5) is 10.5 Å². The second kappa shape index (κ2) is 10.1. The molecule has 2 aliphatic rings. The van der Waals surface area contributed by atoms with Crippen LogP contribution in [-0.2, 0) is 34.8 Å². The van der Waals surface area contributed by atoms with E-state index < -0.39 is 29.8 Å². The van der Waals surface area contributed by atoms with Gasteiger partial charge in [0.2, 0.25) is 5.09 Å². The van der Waals surface area contributed by atoms with Gasteiger partial charge >= 0.3 is 6.03 Å². The van der Waals surface area contributed by atoms with Gasteiger partial charge in [-0.1, -0.05) is 52.2 Å². The molecule has 0 aliphatic heterocycles. The van der Waals surface area contributed by atoms with Crippen molar-refractivity contribution in [2.45, 2.75) is 115 Å². The quantitative estimate of drug-likeness (QED) is 0.312. The summed E-state index contributed by atoms with van der Waals surface area (Å²) in [6, 6.07) is 5.39. The number of nitrogens with zero attached hydrogens (tertiary/aromatic N) is 1. The van der Waals surface area contributed by atoms with Crippen LogP contribution in [-0.4, -0.2) is 23.6 Å². The van der Waals surface area contributed by atoms with Crippen LogP contribution in [0.2, 0.25) is 18.1 Å². The average Bonchev–Trinajstić information content (AvgIpc) is 3.37. The second-order valence-corrected chi connectivity index (χ2v) is 20.2. The van der Waals surface area contributed by atoms with Crippen molar-refractivity contribution in [1.82, 2.24) is 4.72 Å². The number of nitrogens with one attached hydrogen (secondary N) is 2. The summed E-state index contributed by atoms with van der Waals surface area (Å²) < 4.78 is 28.2. The summed E-state index contributed by atoms with van der Waals surface area (Å²) in [5.41, 5.74) is 3.83. The van der Waals surface area contributed by atoms with Crippen molar-refractivity contribution in [3.8, 4) is 0 Å². The topological polar surface area (TPSA) is 104 Å². The number of carbonyl (C=O) groups excluding carboxylic acids is 1. The lowest BCUT2D eigenvalue weighted by Gasteiger charge is -2.33. The second-order valence-electron chi connectivity index (χ2n) is 13.2. The van der Waals surface area contributed by atoms with E-state index in [0.717, 1.165) is 36.9 Å². The average molecular weight is 560 g/mol. The summed E-state index contributed by atoms with van der Waals surface area (Å²) in [5.74, 6) is 1.11. The van der Waals surface area contributed by atoms with Crippen molar-refractivity contribution in [1.29, 1.82) is 0 Å². The summed E-state index contributed by atoms with van der Waals surface area (Å²) in [6.07, 6.45) is 7.68. The number of hydrogen-bond donors (Lipinski definition) is 3. The third-order valence-corrected chi connectivity index (χ3v) is 16.3. The van der Waals surface area contributed by atoms with Gasteiger partial charge in [-0.2, -0.15) is 0 Å². The van der Waals surface area contributed by atoms with E-state index in [0.29, 0.717) is 17.2 Å². The maximum absolute atomic E-state index is 14.6. The molecule has 1 aromatic heterocycles. The lowest BCUT2D eigenvalue weighted by atomic mass is 9.80. The summed E-state index contributed by atoms with van der Waals surface area (Å²) in [5, 5.41) is 13.6. The van der Waals surface area contributed by atoms with Crippen molar-refractivity contribution in [3.05, 3.63) is 46.2 Å². The number of anilines is 1. The fourth-order valence-corrected chi connectivity index (χ4v) is 10.2. The molecule has 1 aromatic carbocycles. The zero-order valence-corrected chi connectivity index (χ0v) is 26.1. The van der Waals surface area contributed by atoms with Crippen LogP contribution in [0.3, 0.4) is 0 Å². The number of furan rings is 1. The van der Waals surface area contributed by atoms with Gasteiger partial charge in [-0.25, -0.2) is 13.7 Å². The molecule has 9 heteroatoms. The first kappa shape index (κ1) is 28.9. The number of aryl methyl sites for hydroxylation is 2. The van der Waals surface area contributed by atoms with Gasteiger partial charge in [0.25, 0.3) is 0 Å². The highest BCUT2D eigenvalue weighted by Gasteiger charge is 2.39. The largest absolute Gasteiger partial charge is 0.449 e. The molecular formula is C29H45N3O4SSi. The summed E-state index contributed by atoms with van der Waals surface area (Å²) in [6.45, 7) is 15.4. The fraction of sp³-hybridized carbons (Fsp3) is 0.621. The van der Waals surface area contributed by atoms with Crippen molar-refractivity contribution >= 4 is 29.9 Å². The van der Waals surface area contributed by atoms with Gasteiger partial charge in [-0.05, 0) is 87.2 Å². The Labute approximate surface area is 229 Å². The van der Waals surface area contributed by atoms with Crippen LogP contribution in [0.15, 0.2) is 31.7 Å². The van der Waals surface area contributed by atoms with E-state index in [4.69, 9.17) is 8.45 Å². The van der Waals surface area contributed by atoms with Gasteiger partial charge in [0.15, 0.2) is 18.2 Å². The molecule has 0 spiro atoms. The zero-order valence-electron chi connectivity index (χ0n) is 24.3. The first-order chi connectivity index (χ1) is 17.5. The van der Waals surface area contributed by atoms with Crippen molar-refractivity contribution in [2.75, 3.05) is 5.32 Å². The first-order valence-electron chi connectivity index (χ1n) is 13.8. The number of carbonyl (C=O) groups is 1. The number of fused-ring (bicyclic) bond motifs is 1. The fourth-order valence-electron chi connectivity index (χ4n) is 5.09. The molecule has 4 rings (SSSR count).